The molecule has 3 rings (SSSR count). The van der Waals surface area contributed by atoms with Crippen LogP contribution in [0.3, 0.4) is 0 Å². The van der Waals surface area contributed by atoms with Gasteiger partial charge in [-0.3, -0.25) is 4.79 Å². The van der Waals surface area contributed by atoms with Crippen LogP contribution in [0.2, 0.25) is 5.02 Å². The van der Waals surface area contributed by atoms with Gasteiger partial charge in [0.05, 0.1) is 13.1 Å². The predicted octanol–water partition coefficient (Wildman–Crippen LogP) is 4.39. The third-order valence-electron chi connectivity index (χ3n) is 4.44. The fourth-order valence-electron chi connectivity index (χ4n) is 3.08. The number of hydrogen-bond acceptors (Lipinski definition) is 2. The van der Waals surface area contributed by atoms with Crippen molar-refractivity contribution >= 4 is 29.3 Å². The van der Waals surface area contributed by atoms with Gasteiger partial charge in [0, 0.05) is 21.9 Å². The van der Waals surface area contributed by atoms with Gasteiger partial charge in [-0.2, -0.15) is 11.8 Å². The number of nitrogens with zero attached hydrogens (tertiary/aromatic N) is 1. The molecule has 0 radical (unpaired) electrons. The fourth-order valence-corrected chi connectivity index (χ4v) is 4.82. The Morgan fingerprint density at radius 2 is 2.00 bits per heavy atom. The zero-order valence-corrected chi connectivity index (χ0v) is 13.8. The van der Waals surface area contributed by atoms with Gasteiger partial charge in [0.25, 0.3) is 5.92 Å². The van der Waals surface area contributed by atoms with Crippen molar-refractivity contribution in [1.82, 2.24) is 4.90 Å². The summed E-state index contributed by atoms with van der Waals surface area (Å²) < 4.78 is 25.7. The molecule has 120 valence electrons. The summed E-state index contributed by atoms with van der Waals surface area (Å²) in [6.07, 6.45) is 1.28. The van der Waals surface area contributed by atoms with E-state index in [0.717, 1.165) is 6.42 Å². The van der Waals surface area contributed by atoms with Crippen LogP contribution in [0.1, 0.15) is 30.6 Å². The summed E-state index contributed by atoms with van der Waals surface area (Å²) in [5.41, 5.74) is 1.21. The van der Waals surface area contributed by atoms with Crippen molar-refractivity contribution in [2.45, 2.75) is 36.2 Å². The second-order valence-corrected chi connectivity index (χ2v) is 8.21. The van der Waals surface area contributed by atoms with E-state index in [0.29, 0.717) is 21.9 Å². The molecule has 2 heterocycles. The summed E-state index contributed by atoms with van der Waals surface area (Å²) >= 11 is 7.76. The highest BCUT2D eigenvalue weighted by Crippen LogP contribution is 2.49. The zero-order chi connectivity index (χ0) is 15.9. The number of amides is 1. The lowest BCUT2D eigenvalue weighted by molar-refractivity contribution is -0.166. The first-order chi connectivity index (χ1) is 10.3. The van der Waals surface area contributed by atoms with E-state index in [1.807, 2.05) is 36.0 Å². The summed E-state index contributed by atoms with van der Waals surface area (Å²) in [7, 11) is 0. The van der Waals surface area contributed by atoms with Crippen LogP contribution in [-0.2, 0) is 4.79 Å². The minimum Gasteiger partial charge on any atom is -0.330 e. The first-order valence-electron chi connectivity index (χ1n) is 7.40. The first-order valence-corrected chi connectivity index (χ1v) is 8.73. The summed E-state index contributed by atoms with van der Waals surface area (Å²) in [6, 6.07) is 7.80. The Morgan fingerprint density at radius 1 is 1.36 bits per heavy atom. The van der Waals surface area contributed by atoms with E-state index in [2.05, 4.69) is 6.92 Å². The summed E-state index contributed by atoms with van der Waals surface area (Å²) in [5, 5.41) is 1.42. The molecule has 1 amide bonds. The van der Waals surface area contributed by atoms with Crippen LogP contribution in [0.4, 0.5) is 8.78 Å². The van der Waals surface area contributed by atoms with Gasteiger partial charge in [0.2, 0.25) is 5.91 Å². The number of halogens is 3. The number of thioether (sulfide) groups is 1. The van der Waals surface area contributed by atoms with Crippen molar-refractivity contribution in [3.8, 4) is 0 Å². The second kappa shape index (κ2) is 6.00. The van der Waals surface area contributed by atoms with E-state index < -0.39 is 19.0 Å². The van der Waals surface area contributed by atoms with Crippen LogP contribution in [-0.4, -0.2) is 35.1 Å². The SMILES string of the molecule is CC1SC(c2ccc(Cl)cc2)CC1CC(=O)N1CC(F)(F)C1. The highest BCUT2D eigenvalue weighted by molar-refractivity contribution is 8.00. The van der Waals surface area contributed by atoms with E-state index in [4.69, 9.17) is 11.6 Å². The minimum atomic E-state index is -2.68. The highest BCUT2D eigenvalue weighted by Gasteiger charge is 2.47. The van der Waals surface area contributed by atoms with E-state index in [-0.39, 0.29) is 11.8 Å². The van der Waals surface area contributed by atoms with Crippen LogP contribution in [0.25, 0.3) is 0 Å². The summed E-state index contributed by atoms with van der Waals surface area (Å²) in [5.74, 6) is -2.58. The number of alkyl halides is 2. The maximum absolute atomic E-state index is 12.8. The molecule has 0 saturated carbocycles. The standard InChI is InChI=1S/C16H18ClF2NOS/c1-10-12(7-15(21)20-8-16(18,19)9-20)6-14(22-10)11-2-4-13(17)5-3-11/h2-5,10,12,14H,6-9H2,1H3. The summed E-state index contributed by atoms with van der Waals surface area (Å²) in [4.78, 5) is 13.3. The average Bonchev–Trinajstić information content (AvgIpc) is 2.78. The van der Waals surface area contributed by atoms with Crippen LogP contribution in [0, 0.1) is 5.92 Å². The average molecular weight is 346 g/mol. The van der Waals surface area contributed by atoms with Crippen LogP contribution < -0.4 is 0 Å². The molecule has 2 saturated heterocycles. The molecular formula is C16H18ClF2NOS. The van der Waals surface area contributed by atoms with Crippen LogP contribution in [0.15, 0.2) is 24.3 Å². The topological polar surface area (TPSA) is 20.3 Å². The molecule has 2 nitrogen and oxygen atoms in total. The number of carbonyl (C=O) groups is 1. The van der Waals surface area contributed by atoms with Crippen molar-refractivity contribution in [2.75, 3.05) is 13.1 Å². The Balaban J connectivity index is 1.57. The van der Waals surface area contributed by atoms with Gasteiger partial charge in [0.15, 0.2) is 0 Å². The Bertz CT molecular complexity index is 558. The van der Waals surface area contributed by atoms with Gasteiger partial charge in [-0.05, 0) is 30.0 Å². The highest BCUT2D eigenvalue weighted by atomic mass is 35.5. The number of hydrogen-bond donors (Lipinski definition) is 0. The molecule has 3 atom stereocenters. The largest absolute Gasteiger partial charge is 0.330 e. The van der Waals surface area contributed by atoms with Gasteiger partial charge in [-0.15, -0.1) is 0 Å². The lowest BCUT2D eigenvalue weighted by atomic mass is 9.93. The van der Waals surface area contributed by atoms with Gasteiger partial charge < -0.3 is 4.90 Å². The van der Waals surface area contributed by atoms with E-state index in [1.54, 1.807) is 0 Å². The minimum absolute atomic E-state index is 0.139. The van der Waals surface area contributed by atoms with Crippen molar-refractivity contribution in [1.29, 1.82) is 0 Å². The Morgan fingerprint density at radius 3 is 2.59 bits per heavy atom. The molecule has 0 aliphatic carbocycles. The Labute approximate surface area is 138 Å². The van der Waals surface area contributed by atoms with E-state index in [1.165, 1.54) is 10.5 Å². The molecule has 0 spiro atoms. The molecule has 3 unspecified atom stereocenters. The van der Waals surface area contributed by atoms with Crippen molar-refractivity contribution < 1.29 is 13.6 Å². The lowest BCUT2D eigenvalue weighted by Gasteiger charge is -2.39. The smallest absolute Gasteiger partial charge is 0.282 e. The number of likely N-dealkylation sites (tertiary alicyclic amines) is 1. The van der Waals surface area contributed by atoms with Crippen LogP contribution in [0.5, 0.6) is 0 Å². The maximum Gasteiger partial charge on any atom is 0.282 e. The van der Waals surface area contributed by atoms with Gasteiger partial charge >= 0.3 is 0 Å². The van der Waals surface area contributed by atoms with Gasteiger partial charge in [0.1, 0.15) is 0 Å². The van der Waals surface area contributed by atoms with Crippen molar-refractivity contribution in [3.63, 3.8) is 0 Å². The Kier molecular flexibility index (Phi) is 4.38. The normalized spacial score (nSPS) is 30.2. The van der Waals surface area contributed by atoms with Crippen molar-refractivity contribution in [2.24, 2.45) is 5.92 Å². The molecule has 22 heavy (non-hydrogen) atoms. The maximum atomic E-state index is 12.8. The van der Waals surface area contributed by atoms with Gasteiger partial charge in [-0.1, -0.05) is 30.7 Å². The molecule has 0 aromatic heterocycles. The van der Waals surface area contributed by atoms with Gasteiger partial charge in [-0.25, -0.2) is 8.78 Å². The third-order valence-corrected chi connectivity index (χ3v) is 6.29. The zero-order valence-electron chi connectivity index (χ0n) is 12.3. The Hall–Kier alpha value is -0.810. The molecule has 1 aromatic carbocycles. The third kappa shape index (κ3) is 3.40. The molecule has 0 bridgehead atoms. The quantitative estimate of drug-likeness (QED) is 0.809. The molecule has 2 aliphatic rings. The molecule has 6 heteroatoms. The monoisotopic (exact) mass is 345 g/mol. The van der Waals surface area contributed by atoms with E-state index in [9.17, 15) is 13.6 Å². The van der Waals surface area contributed by atoms with Crippen LogP contribution >= 0.6 is 23.4 Å². The number of rotatable bonds is 3. The molecule has 1 aromatic rings. The number of carbonyl (C=O) groups excluding carboxylic acids is 1. The number of benzene rings is 1. The fraction of sp³-hybridized carbons (Fsp3) is 0.562. The summed E-state index contributed by atoms with van der Waals surface area (Å²) in [6.45, 7) is 1.28. The molecule has 2 aliphatic heterocycles. The first kappa shape index (κ1) is 16.1. The second-order valence-electron chi connectivity index (χ2n) is 6.19. The lowest BCUT2D eigenvalue weighted by Crippen LogP contribution is -2.58. The molecular weight excluding hydrogens is 328 g/mol. The van der Waals surface area contributed by atoms with Crippen molar-refractivity contribution in [3.05, 3.63) is 34.9 Å². The molecule has 2 fully saturated rings. The van der Waals surface area contributed by atoms with E-state index >= 15 is 0 Å². The predicted molar refractivity (Wildman–Crippen MR) is 85.5 cm³/mol. The molecule has 0 N–H and O–H groups in total.